The Kier molecular flexibility index (Phi) is 5.41. The summed E-state index contributed by atoms with van der Waals surface area (Å²) >= 11 is 1.58. The van der Waals surface area contributed by atoms with Crippen LogP contribution in [0.5, 0.6) is 0 Å². The summed E-state index contributed by atoms with van der Waals surface area (Å²) in [6.45, 7) is 3.69. The predicted octanol–water partition coefficient (Wildman–Crippen LogP) is 3.07. The molecule has 1 aliphatic heterocycles. The summed E-state index contributed by atoms with van der Waals surface area (Å²) in [5.74, 6) is 0.433. The van der Waals surface area contributed by atoms with Crippen LogP contribution in [0.1, 0.15) is 36.9 Å². The number of nitrogens with one attached hydrogen (secondary N) is 1. The van der Waals surface area contributed by atoms with E-state index < -0.39 is 0 Å². The fourth-order valence-corrected chi connectivity index (χ4v) is 3.46. The quantitative estimate of drug-likeness (QED) is 0.874. The average Bonchev–Trinajstić information content (AvgIpc) is 3.32. The summed E-state index contributed by atoms with van der Waals surface area (Å²) in [6.07, 6.45) is 2.17. The van der Waals surface area contributed by atoms with Crippen molar-refractivity contribution >= 4 is 29.0 Å². The predicted molar refractivity (Wildman–Crippen MR) is 100 cm³/mol. The van der Waals surface area contributed by atoms with E-state index in [2.05, 4.69) is 10.4 Å². The largest absolute Gasteiger partial charge is 0.467 e. The Balaban J connectivity index is 1.77. The monoisotopic (exact) mass is 374 g/mol. The van der Waals surface area contributed by atoms with Gasteiger partial charge in [-0.25, -0.2) is 9.80 Å². The summed E-state index contributed by atoms with van der Waals surface area (Å²) in [4.78, 5) is 27.3. The minimum atomic E-state index is -0.295. The van der Waals surface area contributed by atoms with Gasteiger partial charge in [0.1, 0.15) is 18.3 Å². The van der Waals surface area contributed by atoms with Crippen LogP contribution >= 0.6 is 11.3 Å². The Hall–Kier alpha value is -2.61. The third kappa shape index (κ3) is 3.96. The van der Waals surface area contributed by atoms with Gasteiger partial charge in [0.05, 0.1) is 16.9 Å². The van der Waals surface area contributed by atoms with Crippen molar-refractivity contribution in [3.63, 3.8) is 0 Å². The second-order valence-corrected chi connectivity index (χ2v) is 7.41. The topological polar surface area (TPSA) is 78.2 Å². The highest BCUT2D eigenvalue weighted by atomic mass is 32.1. The molecule has 0 fully saturated rings. The molecule has 2 aromatic rings. The number of hydrogen-bond acceptors (Lipinski definition) is 5. The van der Waals surface area contributed by atoms with Gasteiger partial charge < -0.3 is 14.6 Å². The molecule has 0 aliphatic carbocycles. The molecule has 3 amide bonds. The van der Waals surface area contributed by atoms with Gasteiger partial charge in [-0.3, -0.25) is 4.79 Å². The number of hydrogen-bond donors (Lipinski definition) is 1. The number of likely N-dealkylation sites (N-methyl/N-ethyl adjacent to an activating group) is 1. The molecule has 26 heavy (non-hydrogen) atoms. The molecule has 1 N–H and O–H groups in total. The van der Waals surface area contributed by atoms with Crippen molar-refractivity contribution in [1.29, 1.82) is 0 Å². The lowest BCUT2D eigenvalue weighted by atomic mass is 10.1. The standard InChI is InChI=1S/C18H22N4O3S/c1-12(2)19-18(24)21(3)11-17(23)22-14(15-6-4-8-25-15)10-13(20-22)16-7-5-9-26-16/h4-9,12,14H,10-11H2,1-3H3,(H,19,24). The van der Waals surface area contributed by atoms with Gasteiger partial charge in [0.2, 0.25) is 0 Å². The molecule has 2 aromatic heterocycles. The second kappa shape index (κ2) is 7.74. The molecular formula is C18H22N4O3S. The summed E-state index contributed by atoms with van der Waals surface area (Å²) in [6, 6.07) is 7.00. The molecule has 1 atom stereocenters. The molecule has 0 radical (unpaired) electrons. The number of rotatable bonds is 5. The Morgan fingerprint density at radius 1 is 1.42 bits per heavy atom. The lowest BCUT2D eigenvalue weighted by Crippen LogP contribution is -2.45. The van der Waals surface area contributed by atoms with Gasteiger partial charge in [0.15, 0.2) is 0 Å². The number of carbonyl (C=O) groups excluding carboxylic acids is 2. The zero-order chi connectivity index (χ0) is 18.7. The minimum absolute atomic E-state index is 0.00570. The number of hydrazone groups is 1. The van der Waals surface area contributed by atoms with E-state index in [4.69, 9.17) is 4.42 Å². The molecule has 7 nitrogen and oxygen atoms in total. The van der Waals surface area contributed by atoms with Gasteiger partial charge >= 0.3 is 6.03 Å². The molecule has 0 aromatic carbocycles. The van der Waals surface area contributed by atoms with Gasteiger partial charge in [0, 0.05) is 19.5 Å². The summed E-state index contributed by atoms with van der Waals surface area (Å²) in [5, 5.41) is 10.7. The fourth-order valence-electron chi connectivity index (χ4n) is 2.74. The number of nitrogens with zero attached hydrogens (tertiary/aromatic N) is 3. The highest BCUT2D eigenvalue weighted by Crippen LogP contribution is 2.34. The number of amides is 3. The van der Waals surface area contributed by atoms with Crippen molar-refractivity contribution in [3.05, 3.63) is 46.5 Å². The highest BCUT2D eigenvalue weighted by Gasteiger charge is 2.35. The normalized spacial score (nSPS) is 16.7. The maximum atomic E-state index is 12.8. The Labute approximate surface area is 156 Å². The zero-order valence-electron chi connectivity index (χ0n) is 15.0. The Morgan fingerprint density at radius 3 is 2.85 bits per heavy atom. The first kappa shape index (κ1) is 18.2. The van der Waals surface area contributed by atoms with Crippen LogP contribution in [-0.4, -0.2) is 47.2 Å². The molecule has 0 saturated heterocycles. The number of furan rings is 1. The van der Waals surface area contributed by atoms with E-state index in [0.29, 0.717) is 12.2 Å². The lowest BCUT2D eigenvalue weighted by Gasteiger charge is -2.24. The van der Waals surface area contributed by atoms with Crippen molar-refractivity contribution in [1.82, 2.24) is 15.2 Å². The highest BCUT2D eigenvalue weighted by molar-refractivity contribution is 7.12. The summed E-state index contributed by atoms with van der Waals surface area (Å²) in [5.41, 5.74) is 0.851. The SMILES string of the molecule is CC(C)NC(=O)N(C)CC(=O)N1N=C(c2cccs2)CC1c1ccco1. The first-order valence-electron chi connectivity index (χ1n) is 8.44. The molecule has 0 saturated carbocycles. The van der Waals surface area contributed by atoms with Gasteiger partial charge in [0.25, 0.3) is 5.91 Å². The van der Waals surface area contributed by atoms with Crippen LogP contribution in [0, 0.1) is 0 Å². The van der Waals surface area contributed by atoms with Crippen molar-refractivity contribution < 1.29 is 14.0 Å². The van der Waals surface area contributed by atoms with E-state index in [1.165, 1.54) is 9.91 Å². The first-order chi connectivity index (χ1) is 12.5. The third-order valence-corrected chi connectivity index (χ3v) is 4.89. The minimum Gasteiger partial charge on any atom is -0.467 e. The summed E-state index contributed by atoms with van der Waals surface area (Å²) < 4.78 is 5.51. The average molecular weight is 374 g/mol. The van der Waals surface area contributed by atoms with Crippen LogP contribution in [0.15, 0.2) is 45.4 Å². The second-order valence-electron chi connectivity index (χ2n) is 6.46. The maximum absolute atomic E-state index is 12.8. The molecule has 0 bridgehead atoms. The maximum Gasteiger partial charge on any atom is 0.317 e. The van der Waals surface area contributed by atoms with E-state index in [0.717, 1.165) is 10.6 Å². The summed E-state index contributed by atoms with van der Waals surface area (Å²) in [7, 11) is 1.59. The van der Waals surface area contributed by atoms with Crippen LogP contribution in [0.25, 0.3) is 0 Å². The van der Waals surface area contributed by atoms with Crippen LogP contribution in [0.3, 0.4) is 0 Å². The van der Waals surface area contributed by atoms with Crippen LogP contribution in [0.2, 0.25) is 0 Å². The van der Waals surface area contributed by atoms with Gasteiger partial charge in [-0.15, -0.1) is 11.3 Å². The van der Waals surface area contributed by atoms with E-state index in [1.54, 1.807) is 30.7 Å². The van der Waals surface area contributed by atoms with Gasteiger partial charge in [-0.2, -0.15) is 5.10 Å². The Bertz CT molecular complexity index is 783. The van der Waals surface area contributed by atoms with E-state index in [-0.39, 0.29) is 30.6 Å². The van der Waals surface area contributed by atoms with Crippen LogP contribution < -0.4 is 5.32 Å². The molecule has 1 unspecified atom stereocenters. The van der Waals surface area contributed by atoms with Crippen molar-refractivity contribution in [2.45, 2.75) is 32.4 Å². The lowest BCUT2D eigenvalue weighted by molar-refractivity contribution is -0.133. The third-order valence-electron chi connectivity index (χ3n) is 3.97. The van der Waals surface area contributed by atoms with Gasteiger partial charge in [-0.05, 0) is 37.4 Å². The van der Waals surface area contributed by atoms with Crippen molar-refractivity contribution in [2.24, 2.45) is 5.10 Å². The number of urea groups is 1. The molecule has 138 valence electrons. The molecule has 3 rings (SSSR count). The Morgan fingerprint density at radius 2 is 2.23 bits per heavy atom. The molecule has 8 heteroatoms. The number of thiophene rings is 1. The van der Waals surface area contributed by atoms with Crippen molar-refractivity contribution in [2.75, 3.05) is 13.6 Å². The van der Waals surface area contributed by atoms with Crippen molar-refractivity contribution in [3.8, 4) is 0 Å². The van der Waals surface area contributed by atoms with Gasteiger partial charge in [-0.1, -0.05) is 6.07 Å². The van der Waals surface area contributed by atoms with Crippen LogP contribution in [0.4, 0.5) is 4.79 Å². The number of carbonyl (C=O) groups is 2. The first-order valence-corrected chi connectivity index (χ1v) is 9.32. The van der Waals surface area contributed by atoms with E-state index in [9.17, 15) is 9.59 Å². The smallest absolute Gasteiger partial charge is 0.317 e. The molecular weight excluding hydrogens is 352 g/mol. The van der Waals surface area contributed by atoms with E-state index in [1.807, 2.05) is 37.4 Å². The van der Waals surface area contributed by atoms with Crippen LogP contribution in [-0.2, 0) is 4.79 Å². The van der Waals surface area contributed by atoms with E-state index >= 15 is 0 Å². The molecule has 0 spiro atoms. The molecule has 1 aliphatic rings. The zero-order valence-corrected chi connectivity index (χ0v) is 15.8. The fraction of sp³-hybridized carbons (Fsp3) is 0.389. The molecule has 3 heterocycles.